The van der Waals surface area contributed by atoms with Gasteiger partial charge in [0, 0.05) is 0 Å². The van der Waals surface area contributed by atoms with Crippen LogP contribution in [0.25, 0.3) is 10.8 Å². The van der Waals surface area contributed by atoms with Crippen molar-refractivity contribution >= 4 is 10.8 Å². The van der Waals surface area contributed by atoms with Crippen molar-refractivity contribution in [2.24, 2.45) is 35.5 Å². The van der Waals surface area contributed by atoms with Crippen LogP contribution in [0.15, 0.2) is 60.7 Å². The van der Waals surface area contributed by atoms with Crippen molar-refractivity contribution in [1.29, 1.82) is 0 Å². The lowest BCUT2D eigenvalue weighted by atomic mass is 9.82. The van der Waals surface area contributed by atoms with E-state index in [0.29, 0.717) is 0 Å². The second kappa shape index (κ2) is 29.5. The van der Waals surface area contributed by atoms with E-state index in [1.54, 1.807) is 0 Å². The van der Waals surface area contributed by atoms with Gasteiger partial charge in [0.15, 0.2) is 0 Å². The minimum Gasteiger partial charge on any atom is -0.0776 e. The average Bonchev–Trinajstić information content (AvgIpc) is 3.06. The van der Waals surface area contributed by atoms with Crippen LogP contribution < -0.4 is 0 Å². The highest BCUT2D eigenvalue weighted by molar-refractivity contribution is 5.83. The van der Waals surface area contributed by atoms with Crippen LogP contribution in [0.3, 0.4) is 0 Å². The van der Waals surface area contributed by atoms with Crippen LogP contribution in [-0.2, 0) is 6.42 Å². The largest absolute Gasteiger partial charge is 0.0776 e. The predicted octanol–water partition coefficient (Wildman–Crippen LogP) is 17.4. The van der Waals surface area contributed by atoms with Crippen LogP contribution in [0.1, 0.15) is 184 Å². The molecule has 50 heavy (non-hydrogen) atoms. The number of aryl methyl sites for hydroxylation is 4. The fraction of sp³-hybridized carbons (Fsp3) is 0.680. The van der Waals surface area contributed by atoms with Crippen LogP contribution in [0.5, 0.6) is 0 Å². The second-order valence-electron chi connectivity index (χ2n) is 16.0. The van der Waals surface area contributed by atoms with Gasteiger partial charge >= 0.3 is 0 Å². The topological polar surface area (TPSA) is 0 Å². The molecule has 0 amide bonds. The Morgan fingerprint density at radius 1 is 0.400 bits per heavy atom. The summed E-state index contributed by atoms with van der Waals surface area (Å²) in [5, 5.41) is 2.67. The Kier molecular flexibility index (Phi) is 30.8. The van der Waals surface area contributed by atoms with Crippen molar-refractivity contribution in [3.63, 3.8) is 0 Å². The van der Waals surface area contributed by atoms with E-state index in [2.05, 4.69) is 130 Å². The first-order valence-corrected chi connectivity index (χ1v) is 19.5. The molecule has 0 radical (unpaired) electrons. The minimum atomic E-state index is 0. The van der Waals surface area contributed by atoms with Crippen molar-refractivity contribution in [1.82, 2.24) is 0 Å². The zero-order valence-electron chi connectivity index (χ0n) is 32.1. The maximum atomic E-state index is 2.38. The number of fused-ring (bicyclic) bond motifs is 1. The van der Waals surface area contributed by atoms with E-state index < -0.39 is 0 Å². The molecule has 0 saturated heterocycles. The standard InChI is InChI=1S/C12H12.C9H18.C9H12.2C8H16.4CH4/c1-9-3-5-12-8-10(2)4-6-11(12)7-9;2*1-3-9-6-4-8(2)5-7-9;2*1-7-3-5-8(2)6-4-7;;;;/h3-8H,1-2H3;8-9H,3-7H2,1-2H3;4-7H,3H2,1-2H3;2*7-8H,3-6H2,1-2H3;4*1H4. The van der Waals surface area contributed by atoms with E-state index in [1.165, 1.54) is 116 Å². The number of hydrogen-bond acceptors (Lipinski definition) is 0. The molecule has 3 aliphatic rings. The van der Waals surface area contributed by atoms with E-state index in [1.807, 2.05) is 0 Å². The van der Waals surface area contributed by atoms with Gasteiger partial charge in [0.2, 0.25) is 0 Å². The van der Waals surface area contributed by atoms with E-state index in [4.69, 9.17) is 0 Å². The first kappa shape index (κ1) is 52.3. The summed E-state index contributed by atoms with van der Waals surface area (Å²) in [6.07, 6.45) is 20.3. The lowest BCUT2D eigenvalue weighted by Gasteiger charge is -2.24. The molecule has 3 aromatic carbocycles. The van der Waals surface area contributed by atoms with Gasteiger partial charge in [0.05, 0.1) is 0 Å². The van der Waals surface area contributed by atoms with Crippen LogP contribution in [0.2, 0.25) is 0 Å². The summed E-state index contributed by atoms with van der Waals surface area (Å²) in [7, 11) is 0. The predicted molar refractivity (Wildman–Crippen MR) is 236 cm³/mol. The Bertz CT molecular complexity index is 1080. The summed E-state index contributed by atoms with van der Waals surface area (Å²) in [5.74, 6) is 6.17. The van der Waals surface area contributed by atoms with Gasteiger partial charge in [-0.25, -0.2) is 0 Å². The highest BCUT2D eigenvalue weighted by Gasteiger charge is 2.16. The highest BCUT2D eigenvalue weighted by atomic mass is 14.2. The SMILES string of the molecule is C.C.C.C.CC1CCC(C)CC1.CC1CCC(C)CC1.CCC1CCC(C)CC1.CCc1ccc(C)cc1.Cc1ccc2cc(C)ccc2c1. The van der Waals surface area contributed by atoms with Crippen molar-refractivity contribution in [2.45, 2.75) is 189 Å². The van der Waals surface area contributed by atoms with Gasteiger partial charge in [-0.2, -0.15) is 0 Å². The van der Waals surface area contributed by atoms with Gasteiger partial charge in [0.1, 0.15) is 0 Å². The Balaban J connectivity index is -0.000000546. The molecule has 6 rings (SSSR count). The molecule has 0 unspecified atom stereocenters. The normalized spacial score (nSPS) is 23.6. The molecule has 0 spiro atoms. The van der Waals surface area contributed by atoms with Crippen molar-refractivity contribution < 1.29 is 0 Å². The van der Waals surface area contributed by atoms with Crippen LogP contribution in [0, 0.1) is 56.3 Å². The highest BCUT2D eigenvalue weighted by Crippen LogP contribution is 2.30. The smallest absolute Gasteiger partial charge is 0.0181 e. The molecular weight excluding hydrogens is 601 g/mol. The number of benzene rings is 3. The van der Waals surface area contributed by atoms with Gasteiger partial charge in [0.25, 0.3) is 0 Å². The number of hydrogen-bond donors (Lipinski definition) is 0. The van der Waals surface area contributed by atoms with Gasteiger partial charge in [-0.1, -0.05) is 239 Å². The average molecular weight is 691 g/mol. The third-order valence-electron chi connectivity index (χ3n) is 11.0. The van der Waals surface area contributed by atoms with Crippen molar-refractivity contribution in [3.8, 4) is 0 Å². The fourth-order valence-corrected chi connectivity index (χ4v) is 6.90. The summed E-state index contributed by atoms with van der Waals surface area (Å²) >= 11 is 0. The molecule has 0 aliphatic heterocycles. The van der Waals surface area contributed by atoms with Crippen LogP contribution in [0.4, 0.5) is 0 Å². The molecular formula is C50H90. The lowest BCUT2D eigenvalue weighted by Crippen LogP contribution is -2.10. The summed E-state index contributed by atoms with van der Waals surface area (Å²) in [4.78, 5) is 0. The molecule has 3 saturated carbocycles. The molecule has 0 heterocycles. The first-order chi connectivity index (χ1) is 22.0. The summed E-state index contributed by atoms with van der Waals surface area (Å²) in [6.45, 7) is 22.7. The van der Waals surface area contributed by atoms with Crippen LogP contribution in [-0.4, -0.2) is 0 Å². The van der Waals surface area contributed by atoms with Gasteiger partial charge < -0.3 is 0 Å². The van der Waals surface area contributed by atoms with E-state index >= 15 is 0 Å². The zero-order chi connectivity index (χ0) is 33.9. The van der Waals surface area contributed by atoms with Crippen molar-refractivity contribution in [2.75, 3.05) is 0 Å². The Morgan fingerprint density at radius 3 is 0.960 bits per heavy atom. The second-order valence-corrected chi connectivity index (χ2v) is 16.0. The molecule has 3 aromatic rings. The lowest BCUT2D eigenvalue weighted by molar-refractivity contribution is 0.284. The Labute approximate surface area is 317 Å². The van der Waals surface area contributed by atoms with E-state index in [9.17, 15) is 0 Å². The Hall–Kier alpha value is -2.08. The first-order valence-electron chi connectivity index (χ1n) is 19.5. The van der Waals surface area contributed by atoms with E-state index in [-0.39, 0.29) is 29.7 Å². The molecule has 0 nitrogen and oxygen atoms in total. The molecule has 3 aliphatic carbocycles. The molecule has 290 valence electrons. The van der Waals surface area contributed by atoms with Crippen molar-refractivity contribution in [3.05, 3.63) is 82.9 Å². The third kappa shape index (κ3) is 22.7. The summed E-state index contributed by atoms with van der Waals surface area (Å²) in [5.41, 5.74) is 5.41. The number of rotatable bonds is 2. The molecule has 0 N–H and O–H groups in total. The van der Waals surface area contributed by atoms with Gasteiger partial charge in [-0.15, -0.1) is 0 Å². The minimum absolute atomic E-state index is 0. The fourth-order valence-electron chi connectivity index (χ4n) is 6.90. The summed E-state index contributed by atoms with van der Waals surface area (Å²) in [6, 6.07) is 21.8. The maximum Gasteiger partial charge on any atom is -0.0181 e. The van der Waals surface area contributed by atoms with Gasteiger partial charge in [-0.3, -0.25) is 0 Å². The molecule has 0 atom stereocenters. The maximum absolute atomic E-state index is 2.38. The molecule has 0 aromatic heterocycles. The third-order valence-corrected chi connectivity index (χ3v) is 11.0. The van der Waals surface area contributed by atoms with Gasteiger partial charge in [-0.05, 0) is 79.0 Å². The zero-order valence-corrected chi connectivity index (χ0v) is 32.1. The Morgan fingerprint density at radius 2 is 0.680 bits per heavy atom. The quantitative estimate of drug-likeness (QED) is 0.251. The molecule has 0 heteroatoms. The monoisotopic (exact) mass is 691 g/mol. The van der Waals surface area contributed by atoms with E-state index in [0.717, 1.165) is 41.9 Å². The van der Waals surface area contributed by atoms with Crippen LogP contribution >= 0.6 is 0 Å². The molecule has 3 fully saturated rings. The summed E-state index contributed by atoms with van der Waals surface area (Å²) < 4.78 is 0. The molecule has 0 bridgehead atoms.